The van der Waals surface area contributed by atoms with Gasteiger partial charge in [-0.05, 0) is 0 Å². The molecule has 1 aromatic rings. The fourth-order valence-corrected chi connectivity index (χ4v) is 0.519. The van der Waals surface area contributed by atoms with Crippen LogP contribution in [0.3, 0.4) is 0 Å². The Kier molecular flexibility index (Phi) is 1.11. The quantitative estimate of drug-likeness (QED) is 0.294. The van der Waals surface area contributed by atoms with E-state index in [4.69, 9.17) is 16.9 Å². The van der Waals surface area contributed by atoms with Gasteiger partial charge in [-0.2, -0.15) is 0 Å². The maximum Gasteiger partial charge on any atom is 0.146 e. The molecule has 6 N–H and O–H groups in total. The van der Waals surface area contributed by atoms with Gasteiger partial charge in [0.25, 0.3) is 0 Å². The second-order valence-corrected chi connectivity index (χ2v) is 1.58. The molecule has 0 saturated heterocycles. The molecule has 5 nitrogen and oxygen atoms in total. The van der Waals surface area contributed by atoms with Gasteiger partial charge in [0.05, 0.1) is 6.33 Å². The lowest BCUT2D eigenvalue weighted by Gasteiger charge is -1.90. The maximum absolute atomic E-state index is 6.91. The Bertz CT molecular complexity index is 225. The van der Waals surface area contributed by atoms with E-state index in [0.29, 0.717) is 11.5 Å². The summed E-state index contributed by atoms with van der Waals surface area (Å²) in [7, 11) is 0. The van der Waals surface area contributed by atoms with Gasteiger partial charge < -0.3 is 16.5 Å². The largest absolute Gasteiger partial charge is 0.383 e. The van der Waals surface area contributed by atoms with E-state index in [1.165, 1.54) is 6.33 Å². The molecule has 0 aliphatic heterocycles. The molecule has 0 atom stereocenters. The van der Waals surface area contributed by atoms with Crippen molar-refractivity contribution in [2.24, 2.45) is 5.73 Å². The molecule has 0 aromatic carbocycles. The highest BCUT2D eigenvalue weighted by atomic mass is 15.0. The van der Waals surface area contributed by atoms with Crippen molar-refractivity contribution in [1.29, 1.82) is 5.41 Å². The van der Waals surface area contributed by atoms with E-state index in [1.54, 1.807) is 0 Å². The number of H-pyrrole nitrogens is 1. The summed E-state index contributed by atoms with van der Waals surface area (Å²) in [6, 6.07) is 0. The van der Waals surface area contributed by atoms with Crippen LogP contribution in [0.2, 0.25) is 0 Å². The predicted molar refractivity (Wildman–Crippen MR) is 34.0 cm³/mol. The molecule has 1 aromatic heterocycles. The van der Waals surface area contributed by atoms with Gasteiger partial charge in [0.15, 0.2) is 0 Å². The number of aromatic nitrogens is 2. The molecule has 0 bridgehead atoms. The van der Waals surface area contributed by atoms with Gasteiger partial charge in [0.2, 0.25) is 0 Å². The van der Waals surface area contributed by atoms with Gasteiger partial charge in [-0.25, -0.2) is 4.98 Å². The van der Waals surface area contributed by atoms with Crippen LogP contribution in [0.4, 0.5) is 5.82 Å². The summed E-state index contributed by atoms with van der Waals surface area (Å²) < 4.78 is 0. The third kappa shape index (κ3) is 0.835. The molecule has 0 aliphatic rings. The predicted octanol–water partition coefficient (Wildman–Crippen LogP) is -0.724. The van der Waals surface area contributed by atoms with E-state index in [2.05, 4.69) is 9.97 Å². The molecule has 0 spiro atoms. The van der Waals surface area contributed by atoms with Crippen molar-refractivity contribution in [2.75, 3.05) is 5.73 Å². The molecular formula is C4H7N5. The summed E-state index contributed by atoms with van der Waals surface area (Å²) in [6.07, 6.45) is 1.39. The minimum absolute atomic E-state index is 0.117. The van der Waals surface area contributed by atoms with Crippen molar-refractivity contribution < 1.29 is 0 Å². The molecule has 48 valence electrons. The first-order chi connectivity index (χ1) is 4.22. The number of amidine groups is 1. The van der Waals surface area contributed by atoms with Crippen molar-refractivity contribution in [1.82, 2.24) is 9.97 Å². The standard InChI is InChI=1S/C4H7N5/c5-3(6)2-4(7)9-1-8-2/h1H,7H2,(H3,5,6)(H,8,9). The van der Waals surface area contributed by atoms with E-state index < -0.39 is 0 Å². The number of rotatable bonds is 1. The molecule has 9 heavy (non-hydrogen) atoms. The van der Waals surface area contributed by atoms with Crippen LogP contribution in [0, 0.1) is 5.41 Å². The molecule has 0 fully saturated rings. The highest BCUT2D eigenvalue weighted by molar-refractivity contribution is 5.96. The molecule has 0 saturated carbocycles. The highest BCUT2D eigenvalue weighted by Gasteiger charge is 2.02. The van der Waals surface area contributed by atoms with E-state index in [-0.39, 0.29) is 5.84 Å². The zero-order valence-corrected chi connectivity index (χ0v) is 4.68. The van der Waals surface area contributed by atoms with Crippen LogP contribution in [0.25, 0.3) is 0 Å². The van der Waals surface area contributed by atoms with E-state index in [0.717, 1.165) is 0 Å². The zero-order chi connectivity index (χ0) is 6.85. The van der Waals surface area contributed by atoms with Crippen LogP contribution in [0.1, 0.15) is 5.69 Å². The molecule has 0 amide bonds. The Morgan fingerprint density at radius 2 is 2.44 bits per heavy atom. The summed E-state index contributed by atoms with van der Waals surface area (Å²) in [5.74, 6) is 0.219. The summed E-state index contributed by atoms with van der Waals surface area (Å²) >= 11 is 0. The number of nitrogens with two attached hydrogens (primary N) is 2. The first kappa shape index (κ1) is 5.61. The molecule has 0 radical (unpaired) electrons. The van der Waals surface area contributed by atoms with Crippen LogP contribution >= 0.6 is 0 Å². The van der Waals surface area contributed by atoms with E-state index >= 15 is 0 Å². The summed E-state index contributed by atoms with van der Waals surface area (Å²) in [4.78, 5) is 6.28. The van der Waals surface area contributed by atoms with Crippen LogP contribution < -0.4 is 11.5 Å². The third-order valence-corrected chi connectivity index (χ3v) is 0.924. The molecule has 0 unspecified atom stereocenters. The second-order valence-electron chi connectivity index (χ2n) is 1.58. The highest BCUT2D eigenvalue weighted by Crippen LogP contribution is 2.00. The summed E-state index contributed by atoms with van der Waals surface area (Å²) in [6.45, 7) is 0. The molecule has 5 heteroatoms. The average molecular weight is 125 g/mol. The van der Waals surface area contributed by atoms with Crippen LogP contribution in [0.15, 0.2) is 6.33 Å². The van der Waals surface area contributed by atoms with Gasteiger partial charge in [0, 0.05) is 0 Å². The van der Waals surface area contributed by atoms with Gasteiger partial charge in [-0.15, -0.1) is 0 Å². The Balaban J connectivity index is 3.08. The zero-order valence-electron chi connectivity index (χ0n) is 4.68. The number of hydrogen-bond donors (Lipinski definition) is 4. The maximum atomic E-state index is 6.91. The lowest BCUT2D eigenvalue weighted by molar-refractivity contribution is 1.29. The molecular weight excluding hydrogens is 118 g/mol. The molecule has 0 aliphatic carbocycles. The van der Waals surface area contributed by atoms with Gasteiger partial charge >= 0.3 is 0 Å². The summed E-state index contributed by atoms with van der Waals surface area (Å²) in [5, 5.41) is 6.91. The molecule has 1 rings (SSSR count). The van der Waals surface area contributed by atoms with E-state index in [9.17, 15) is 0 Å². The Morgan fingerprint density at radius 3 is 2.67 bits per heavy atom. The van der Waals surface area contributed by atoms with Crippen molar-refractivity contribution in [3.8, 4) is 0 Å². The Hall–Kier alpha value is -1.52. The van der Waals surface area contributed by atoms with Crippen molar-refractivity contribution >= 4 is 11.7 Å². The number of aromatic amines is 1. The van der Waals surface area contributed by atoms with Crippen LogP contribution in [-0.2, 0) is 0 Å². The van der Waals surface area contributed by atoms with Crippen molar-refractivity contribution in [3.05, 3.63) is 12.0 Å². The van der Waals surface area contributed by atoms with Crippen molar-refractivity contribution in [2.45, 2.75) is 0 Å². The summed E-state index contributed by atoms with van der Waals surface area (Å²) in [5.41, 5.74) is 10.7. The number of hydrogen-bond acceptors (Lipinski definition) is 3. The van der Waals surface area contributed by atoms with Crippen molar-refractivity contribution in [3.63, 3.8) is 0 Å². The SMILES string of the molecule is N=C(N)c1nc[nH]c1N. The number of nitrogens with zero attached hydrogens (tertiary/aromatic N) is 1. The topological polar surface area (TPSA) is 105 Å². The second kappa shape index (κ2) is 1.77. The minimum atomic E-state index is -0.117. The van der Waals surface area contributed by atoms with E-state index in [1.807, 2.05) is 0 Å². The molecule has 1 heterocycles. The Morgan fingerprint density at radius 1 is 1.78 bits per heavy atom. The Labute approximate surface area is 51.6 Å². The van der Waals surface area contributed by atoms with Gasteiger partial charge in [-0.1, -0.05) is 0 Å². The average Bonchev–Trinajstić information content (AvgIpc) is 2.13. The third-order valence-electron chi connectivity index (χ3n) is 0.924. The van der Waals surface area contributed by atoms with Crippen LogP contribution in [0.5, 0.6) is 0 Å². The van der Waals surface area contributed by atoms with Gasteiger partial charge in [-0.3, -0.25) is 5.41 Å². The monoisotopic (exact) mass is 125 g/mol. The number of nitrogens with one attached hydrogen (secondary N) is 2. The number of nitrogen functional groups attached to an aromatic ring is 2. The first-order valence-electron chi connectivity index (χ1n) is 2.35. The minimum Gasteiger partial charge on any atom is -0.383 e. The normalized spacial score (nSPS) is 9.33. The smallest absolute Gasteiger partial charge is 0.146 e. The lowest BCUT2D eigenvalue weighted by atomic mass is 10.4. The number of anilines is 1. The number of imidazole rings is 1. The van der Waals surface area contributed by atoms with Crippen LogP contribution in [-0.4, -0.2) is 15.8 Å². The first-order valence-corrected chi connectivity index (χ1v) is 2.35. The fraction of sp³-hybridized carbons (Fsp3) is 0. The lowest BCUT2D eigenvalue weighted by Crippen LogP contribution is -2.13. The fourth-order valence-electron chi connectivity index (χ4n) is 0.519. The van der Waals surface area contributed by atoms with Gasteiger partial charge in [0.1, 0.15) is 17.3 Å².